The maximum absolute atomic E-state index is 12.1. The van der Waals surface area contributed by atoms with Gasteiger partial charge in [-0.15, -0.1) is 0 Å². The van der Waals surface area contributed by atoms with Gasteiger partial charge in [0.2, 0.25) is 0 Å². The van der Waals surface area contributed by atoms with Gasteiger partial charge < -0.3 is 4.74 Å². The van der Waals surface area contributed by atoms with E-state index in [2.05, 4.69) is 6.92 Å². The number of rotatable bonds is 0. The molecule has 18 heavy (non-hydrogen) atoms. The minimum atomic E-state index is -0.0783. The Morgan fingerprint density at radius 2 is 1.89 bits per heavy atom. The van der Waals surface area contributed by atoms with Crippen molar-refractivity contribution in [3.05, 3.63) is 11.6 Å². The van der Waals surface area contributed by atoms with Crippen LogP contribution in [0.15, 0.2) is 11.6 Å². The smallest absolute Gasteiger partial charge is 0.309 e. The molecule has 0 amide bonds. The van der Waals surface area contributed by atoms with Crippen LogP contribution in [0, 0.1) is 29.6 Å². The third-order valence-electron chi connectivity index (χ3n) is 5.22. The highest BCUT2D eigenvalue weighted by Crippen LogP contribution is 2.49. The van der Waals surface area contributed by atoms with Crippen molar-refractivity contribution in [1.29, 1.82) is 0 Å². The van der Waals surface area contributed by atoms with Crippen molar-refractivity contribution >= 4 is 11.8 Å². The fourth-order valence-corrected chi connectivity index (χ4v) is 4.15. The highest BCUT2D eigenvalue weighted by molar-refractivity contribution is 5.96. The number of carbonyl (C=O) groups is 2. The van der Waals surface area contributed by atoms with Crippen LogP contribution in [-0.2, 0) is 14.3 Å². The van der Waals surface area contributed by atoms with Crippen LogP contribution in [0.1, 0.15) is 33.6 Å². The third-order valence-corrected chi connectivity index (χ3v) is 5.22. The summed E-state index contributed by atoms with van der Waals surface area (Å²) >= 11 is 0. The van der Waals surface area contributed by atoms with Gasteiger partial charge in [-0.05, 0) is 31.8 Å². The number of allylic oxidation sites excluding steroid dienone is 1. The van der Waals surface area contributed by atoms with Gasteiger partial charge in [-0.1, -0.05) is 19.4 Å². The molecule has 0 radical (unpaired) electrons. The molecule has 1 heterocycles. The molecule has 98 valence electrons. The molecule has 2 aliphatic carbocycles. The van der Waals surface area contributed by atoms with Gasteiger partial charge in [-0.3, -0.25) is 9.59 Å². The first-order valence-electron chi connectivity index (χ1n) is 6.93. The Labute approximate surface area is 108 Å². The molecule has 6 atom stereocenters. The van der Waals surface area contributed by atoms with Crippen molar-refractivity contribution in [3.63, 3.8) is 0 Å². The predicted molar refractivity (Wildman–Crippen MR) is 66.7 cm³/mol. The number of fused-ring (bicyclic) bond motifs is 3. The second-order valence-electron chi connectivity index (χ2n) is 6.25. The fourth-order valence-electron chi connectivity index (χ4n) is 4.15. The van der Waals surface area contributed by atoms with Crippen molar-refractivity contribution in [1.82, 2.24) is 0 Å². The lowest BCUT2D eigenvalue weighted by atomic mass is 9.77. The molecule has 0 bridgehead atoms. The number of ether oxygens (including phenoxy) is 1. The van der Waals surface area contributed by atoms with Crippen LogP contribution in [0.2, 0.25) is 0 Å². The Balaban J connectivity index is 2.00. The van der Waals surface area contributed by atoms with Gasteiger partial charge >= 0.3 is 5.97 Å². The summed E-state index contributed by atoms with van der Waals surface area (Å²) in [4.78, 5) is 23.9. The summed E-state index contributed by atoms with van der Waals surface area (Å²) in [5, 5.41) is 0. The lowest BCUT2D eigenvalue weighted by Gasteiger charge is -2.28. The largest absolute Gasteiger partial charge is 0.461 e. The van der Waals surface area contributed by atoms with E-state index in [1.54, 1.807) is 6.08 Å². The molecule has 1 saturated heterocycles. The molecule has 3 rings (SSSR count). The fraction of sp³-hybridized carbons (Fsp3) is 0.733. The number of hydrogen-bond donors (Lipinski definition) is 0. The van der Waals surface area contributed by atoms with E-state index >= 15 is 0 Å². The normalized spacial score (nSPS) is 47.2. The summed E-state index contributed by atoms with van der Waals surface area (Å²) in [6, 6.07) is 0. The third kappa shape index (κ3) is 1.49. The Morgan fingerprint density at radius 1 is 1.17 bits per heavy atom. The summed E-state index contributed by atoms with van der Waals surface area (Å²) in [6.07, 6.45) is 3.73. The Kier molecular flexibility index (Phi) is 2.61. The second kappa shape index (κ2) is 3.94. The zero-order chi connectivity index (χ0) is 13.0. The molecular weight excluding hydrogens is 228 g/mol. The Morgan fingerprint density at radius 3 is 2.61 bits per heavy atom. The van der Waals surface area contributed by atoms with Gasteiger partial charge in [0.25, 0.3) is 0 Å². The molecule has 0 spiro atoms. The van der Waals surface area contributed by atoms with Crippen molar-refractivity contribution in [3.8, 4) is 0 Å². The average molecular weight is 248 g/mol. The molecule has 1 aliphatic heterocycles. The first-order valence-corrected chi connectivity index (χ1v) is 6.93. The minimum Gasteiger partial charge on any atom is -0.461 e. The van der Waals surface area contributed by atoms with Gasteiger partial charge in [-0.25, -0.2) is 0 Å². The van der Waals surface area contributed by atoms with Crippen LogP contribution < -0.4 is 0 Å². The summed E-state index contributed by atoms with van der Waals surface area (Å²) in [6.45, 7) is 6.14. The van der Waals surface area contributed by atoms with E-state index in [1.165, 1.54) is 0 Å². The van der Waals surface area contributed by atoms with E-state index in [-0.39, 0.29) is 35.6 Å². The zero-order valence-electron chi connectivity index (χ0n) is 11.2. The molecule has 0 N–H and O–H groups in total. The van der Waals surface area contributed by atoms with Gasteiger partial charge in [0.1, 0.15) is 6.10 Å². The monoisotopic (exact) mass is 248 g/mol. The zero-order valence-corrected chi connectivity index (χ0v) is 11.2. The Bertz CT molecular complexity index is 437. The quantitative estimate of drug-likeness (QED) is 0.618. The first kappa shape index (κ1) is 11.9. The molecule has 2 fully saturated rings. The number of esters is 1. The highest BCUT2D eigenvalue weighted by atomic mass is 16.6. The van der Waals surface area contributed by atoms with Crippen molar-refractivity contribution in [2.24, 2.45) is 29.6 Å². The van der Waals surface area contributed by atoms with Gasteiger partial charge in [0.15, 0.2) is 5.78 Å². The SMILES string of the molecule is CC1=CC(=O)[C@@H]2[C@H]1[C@H]1OC(=O)[C@@H](C)[C@@H]1CC[C@H]2C. The van der Waals surface area contributed by atoms with E-state index in [0.717, 1.165) is 18.4 Å². The van der Waals surface area contributed by atoms with Gasteiger partial charge in [0, 0.05) is 17.8 Å². The standard InChI is InChI=1S/C15H20O3/c1-7-4-5-10-9(3)15(17)18-14(10)13-8(2)6-11(16)12(7)13/h6-7,9-10,12-14H,4-5H2,1-3H3/t7-,9+,10+,12-,13+,14+/m1/s1. The molecule has 3 heteroatoms. The van der Waals surface area contributed by atoms with Crippen LogP contribution in [-0.4, -0.2) is 17.9 Å². The highest BCUT2D eigenvalue weighted by Gasteiger charge is 2.53. The van der Waals surface area contributed by atoms with Crippen LogP contribution in [0.4, 0.5) is 0 Å². The minimum absolute atomic E-state index is 0.00977. The maximum atomic E-state index is 12.1. The van der Waals surface area contributed by atoms with Crippen LogP contribution in [0.5, 0.6) is 0 Å². The molecule has 3 aliphatic rings. The van der Waals surface area contributed by atoms with Crippen molar-refractivity contribution in [2.75, 3.05) is 0 Å². The van der Waals surface area contributed by atoms with Crippen LogP contribution >= 0.6 is 0 Å². The van der Waals surface area contributed by atoms with E-state index in [9.17, 15) is 9.59 Å². The van der Waals surface area contributed by atoms with Gasteiger partial charge in [-0.2, -0.15) is 0 Å². The molecule has 3 nitrogen and oxygen atoms in total. The molecule has 0 aromatic carbocycles. The number of carbonyl (C=O) groups excluding carboxylic acids is 2. The van der Waals surface area contributed by atoms with E-state index in [1.807, 2.05) is 13.8 Å². The molecule has 0 aromatic rings. The first-order chi connectivity index (χ1) is 8.50. The van der Waals surface area contributed by atoms with Crippen molar-refractivity contribution in [2.45, 2.75) is 39.7 Å². The summed E-state index contributed by atoms with van der Waals surface area (Å²) in [5.41, 5.74) is 1.11. The van der Waals surface area contributed by atoms with E-state index < -0.39 is 0 Å². The average Bonchev–Trinajstić information content (AvgIpc) is 2.68. The van der Waals surface area contributed by atoms with Crippen molar-refractivity contribution < 1.29 is 14.3 Å². The number of hydrogen-bond acceptors (Lipinski definition) is 3. The lowest BCUT2D eigenvalue weighted by Crippen LogP contribution is -2.33. The van der Waals surface area contributed by atoms with E-state index in [4.69, 9.17) is 4.74 Å². The summed E-state index contributed by atoms with van der Waals surface area (Å²) < 4.78 is 5.61. The topological polar surface area (TPSA) is 43.4 Å². The van der Waals surface area contributed by atoms with Crippen LogP contribution in [0.25, 0.3) is 0 Å². The lowest BCUT2D eigenvalue weighted by molar-refractivity contribution is -0.146. The maximum Gasteiger partial charge on any atom is 0.309 e. The summed E-state index contributed by atoms with van der Waals surface area (Å²) in [5.74, 6) is 1.01. The predicted octanol–water partition coefficient (Wildman–Crippen LogP) is 2.36. The second-order valence-corrected chi connectivity index (χ2v) is 6.25. The van der Waals surface area contributed by atoms with Crippen LogP contribution in [0.3, 0.4) is 0 Å². The molecule has 0 unspecified atom stereocenters. The molecule has 1 saturated carbocycles. The van der Waals surface area contributed by atoms with E-state index in [0.29, 0.717) is 11.8 Å². The molecular formula is C15H20O3. The number of ketones is 1. The summed E-state index contributed by atoms with van der Waals surface area (Å²) in [7, 11) is 0. The Hall–Kier alpha value is -1.12. The van der Waals surface area contributed by atoms with Gasteiger partial charge in [0.05, 0.1) is 5.92 Å². The molecule has 0 aromatic heterocycles.